The SMILES string of the molecule is CN(C)C[C@@H]1CCCC[C@H]1OC(=O)c1ccc(Cl)cc1. The Bertz CT molecular complexity index is 444. The third-order valence-corrected chi connectivity index (χ3v) is 4.03. The number of benzene rings is 1. The maximum absolute atomic E-state index is 12.2. The van der Waals surface area contributed by atoms with Gasteiger partial charge < -0.3 is 9.64 Å². The van der Waals surface area contributed by atoms with Gasteiger partial charge in [0.15, 0.2) is 0 Å². The molecule has 0 heterocycles. The van der Waals surface area contributed by atoms with E-state index in [0.717, 1.165) is 25.8 Å². The molecule has 0 spiro atoms. The molecule has 0 N–H and O–H groups in total. The van der Waals surface area contributed by atoms with E-state index in [2.05, 4.69) is 19.0 Å². The van der Waals surface area contributed by atoms with Gasteiger partial charge in [-0.2, -0.15) is 0 Å². The fourth-order valence-corrected chi connectivity index (χ4v) is 2.92. The van der Waals surface area contributed by atoms with Gasteiger partial charge in [-0.3, -0.25) is 0 Å². The first-order chi connectivity index (χ1) is 9.56. The van der Waals surface area contributed by atoms with E-state index < -0.39 is 0 Å². The van der Waals surface area contributed by atoms with Crippen molar-refractivity contribution in [3.8, 4) is 0 Å². The normalized spacial score (nSPS) is 22.8. The first-order valence-electron chi connectivity index (χ1n) is 7.17. The van der Waals surface area contributed by atoms with Crippen LogP contribution in [0.15, 0.2) is 24.3 Å². The van der Waals surface area contributed by atoms with Crippen molar-refractivity contribution in [2.24, 2.45) is 5.92 Å². The second-order valence-electron chi connectivity index (χ2n) is 5.76. The molecule has 0 amide bonds. The molecule has 0 aromatic heterocycles. The highest BCUT2D eigenvalue weighted by molar-refractivity contribution is 6.30. The Labute approximate surface area is 125 Å². The van der Waals surface area contributed by atoms with Crippen LogP contribution in [0.25, 0.3) is 0 Å². The zero-order valence-corrected chi connectivity index (χ0v) is 12.9. The van der Waals surface area contributed by atoms with Crippen LogP contribution in [0.4, 0.5) is 0 Å². The van der Waals surface area contributed by atoms with E-state index in [1.807, 2.05) is 0 Å². The molecule has 0 unspecified atom stereocenters. The van der Waals surface area contributed by atoms with E-state index in [1.54, 1.807) is 24.3 Å². The molecule has 20 heavy (non-hydrogen) atoms. The van der Waals surface area contributed by atoms with Gasteiger partial charge in [0.05, 0.1) is 5.56 Å². The number of carbonyl (C=O) groups is 1. The fourth-order valence-electron chi connectivity index (χ4n) is 2.80. The minimum Gasteiger partial charge on any atom is -0.458 e. The zero-order chi connectivity index (χ0) is 14.5. The predicted octanol–water partition coefficient (Wildman–Crippen LogP) is 3.62. The third kappa shape index (κ3) is 4.22. The second-order valence-corrected chi connectivity index (χ2v) is 6.19. The number of carbonyl (C=O) groups excluding carboxylic acids is 1. The standard InChI is InChI=1S/C16H22ClNO2/c1-18(2)11-13-5-3-4-6-15(13)20-16(19)12-7-9-14(17)10-8-12/h7-10,13,15H,3-6,11H2,1-2H3/t13-,15+/m0/s1. The molecular weight excluding hydrogens is 274 g/mol. The highest BCUT2D eigenvalue weighted by Gasteiger charge is 2.28. The van der Waals surface area contributed by atoms with Crippen LogP contribution >= 0.6 is 11.6 Å². The van der Waals surface area contributed by atoms with Crippen LogP contribution in [0, 0.1) is 5.92 Å². The minimum atomic E-state index is -0.239. The van der Waals surface area contributed by atoms with E-state index in [0.29, 0.717) is 16.5 Å². The topological polar surface area (TPSA) is 29.5 Å². The number of esters is 1. The first-order valence-corrected chi connectivity index (χ1v) is 7.55. The van der Waals surface area contributed by atoms with Gasteiger partial charge >= 0.3 is 5.97 Å². The average Bonchev–Trinajstić information content (AvgIpc) is 2.41. The van der Waals surface area contributed by atoms with Gasteiger partial charge in [0.25, 0.3) is 0 Å². The van der Waals surface area contributed by atoms with Gasteiger partial charge in [0.1, 0.15) is 6.10 Å². The van der Waals surface area contributed by atoms with Crippen LogP contribution in [0.1, 0.15) is 36.0 Å². The smallest absolute Gasteiger partial charge is 0.338 e. The monoisotopic (exact) mass is 295 g/mol. The van der Waals surface area contributed by atoms with Crippen LogP contribution in [0.3, 0.4) is 0 Å². The zero-order valence-electron chi connectivity index (χ0n) is 12.1. The molecule has 1 fully saturated rings. The summed E-state index contributed by atoms with van der Waals surface area (Å²) in [7, 11) is 4.12. The molecule has 0 saturated heterocycles. The Morgan fingerprint density at radius 1 is 1.25 bits per heavy atom. The minimum absolute atomic E-state index is 0.0364. The van der Waals surface area contributed by atoms with Gasteiger partial charge in [0, 0.05) is 17.5 Å². The van der Waals surface area contributed by atoms with Crippen LogP contribution in [-0.4, -0.2) is 37.6 Å². The van der Waals surface area contributed by atoms with Gasteiger partial charge in [0.2, 0.25) is 0 Å². The lowest BCUT2D eigenvalue weighted by atomic mass is 9.86. The molecule has 2 rings (SSSR count). The Hall–Kier alpha value is -1.06. The van der Waals surface area contributed by atoms with Crippen LogP contribution < -0.4 is 0 Å². The molecular formula is C16H22ClNO2. The molecule has 2 atom stereocenters. The van der Waals surface area contributed by atoms with Crippen molar-refractivity contribution in [3.05, 3.63) is 34.9 Å². The average molecular weight is 296 g/mol. The quantitative estimate of drug-likeness (QED) is 0.795. The maximum atomic E-state index is 12.2. The molecule has 1 saturated carbocycles. The molecule has 0 radical (unpaired) electrons. The van der Waals surface area contributed by atoms with E-state index in [4.69, 9.17) is 16.3 Å². The molecule has 1 aromatic rings. The molecule has 0 bridgehead atoms. The molecule has 4 heteroatoms. The summed E-state index contributed by atoms with van der Waals surface area (Å²) < 4.78 is 5.72. The summed E-state index contributed by atoms with van der Waals surface area (Å²) in [6.45, 7) is 0.971. The van der Waals surface area contributed by atoms with Gasteiger partial charge in [-0.1, -0.05) is 18.0 Å². The molecule has 3 nitrogen and oxygen atoms in total. The molecule has 0 aliphatic heterocycles. The van der Waals surface area contributed by atoms with Crippen molar-refractivity contribution >= 4 is 17.6 Å². The molecule has 1 aromatic carbocycles. The largest absolute Gasteiger partial charge is 0.458 e. The van der Waals surface area contributed by atoms with Gasteiger partial charge in [-0.25, -0.2) is 4.79 Å². The third-order valence-electron chi connectivity index (χ3n) is 3.78. The summed E-state index contributed by atoms with van der Waals surface area (Å²) in [6, 6.07) is 6.87. The summed E-state index contributed by atoms with van der Waals surface area (Å²) in [4.78, 5) is 14.3. The van der Waals surface area contributed by atoms with Gasteiger partial charge in [-0.15, -0.1) is 0 Å². The number of hydrogen-bond acceptors (Lipinski definition) is 3. The molecule has 1 aliphatic rings. The summed E-state index contributed by atoms with van der Waals surface area (Å²) in [5.41, 5.74) is 0.573. The van der Waals surface area contributed by atoms with Crippen LogP contribution in [0.2, 0.25) is 5.02 Å². The lowest BCUT2D eigenvalue weighted by Gasteiger charge is -2.32. The van der Waals surface area contributed by atoms with Crippen molar-refractivity contribution in [2.75, 3.05) is 20.6 Å². The predicted molar refractivity (Wildman–Crippen MR) is 81.2 cm³/mol. The molecule has 1 aliphatic carbocycles. The van der Waals surface area contributed by atoms with Crippen LogP contribution in [0.5, 0.6) is 0 Å². The highest BCUT2D eigenvalue weighted by Crippen LogP contribution is 2.28. The van der Waals surface area contributed by atoms with Gasteiger partial charge in [-0.05, 0) is 57.6 Å². The van der Waals surface area contributed by atoms with E-state index in [-0.39, 0.29) is 12.1 Å². The lowest BCUT2D eigenvalue weighted by molar-refractivity contribution is -0.00324. The lowest BCUT2D eigenvalue weighted by Crippen LogP contribution is -2.36. The van der Waals surface area contributed by atoms with Crippen molar-refractivity contribution in [3.63, 3.8) is 0 Å². The summed E-state index contributed by atoms with van der Waals surface area (Å²) in [6.07, 6.45) is 4.51. The fraction of sp³-hybridized carbons (Fsp3) is 0.562. The van der Waals surface area contributed by atoms with Crippen molar-refractivity contribution in [2.45, 2.75) is 31.8 Å². The van der Waals surface area contributed by atoms with E-state index in [9.17, 15) is 4.79 Å². The summed E-state index contributed by atoms with van der Waals surface area (Å²) >= 11 is 5.83. The number of ether oxygens (including phenoxy) is 1. The van der Waals surface area contributed by atoms with E-state index >= 15 is 0 Å². The summed E-state index contributed by atoms with van der Waals surface area (Å²) in [5, 5.41) is 0.629. The molecule has 110 valence electrons. The Balaban J connectivity index is 1.99. The van der Waals surface area contributed by atoms with Crippen molar-refractivity contribution in [1.82, 2.24) is 4.90 Å². The number of rotatable bonds is 4. The highest BCUT2D eigenvalue weighted by atomic mass is 35.5. The Morgan fingerprint density at radius 3 is 2.55 bits per heavy atom. The van der Waals surface area contributed by atoms with Crippen LogP contribution in [-0.2, 0) is 4.74 Å². The maximum Gasteiger partial charge on any atom is 0.338 e. The van der Waals surface area contributed by atoms with Crippen molar-refractivity contribution in [1.29, 1.82) is 0 Å². The number of nitrogens with zero attached hydrogens (tertiary/aromatic N) is 1. The number of halogens is 1. The first kappa shape index (κ1) is 15.3. The summed E-state index contributed by atoms with van der Waals surface area (Å²) in [5.74, 6) is 0.201. The second kappa shape index (κ2) is 7.09. The van der Waals surface area contributed by atoms with E-state index in [1.165, 1.54) is 6.42 Å². The Kier molecular flexibility index (Phi) is 5.44. The van der Waals surface area contributed by atoms with Crippen molar-refractivity contribution < 1.29 is 9.53 Å². The number of hydrogen-bond donors (Lipinski definition) is 0. The Morgan fingerprint density at radius 2 is 1.90 bits per heavy atom.